The van der Waals surface area contributed by atoms with Gasteiger partial charge >= 0.3 is 0 Å². The van der Waals surface area contributed by atoms with Crippen molar-refractivity contribution in [1.82, 2.24) is 4.72 Å². The first-order chi connectivity index (χ1) is 10.1. The second kappa shape index (κ2) is 6.08. The van der Waals surface area contributed by atoms with Gasteiger partial charge in [0.1, 0.15) is 15.6 Å². The van der Waals surface area contributed by atoms with Crippen molar-refractivity contribution in [1.29, 1.82) is 0 Å². The summed E-state index contributed by atoms with van der Waals surface area (Å²) in [4.78, 5) is 0.936. The molecule has 1 aromatic heterocycles. The van der Waals surface area contributed by atoms with Crippen molar-refractivity contribution in [2.24, 2.45) is 0 Å². The topological polar surface area (TPSA) is 66.4 Å². The second-order valence-electron chi connectivity index (χ2n) is 5.41. The Bertz CT molecular complexity index is 745. The maximum absolute atomic E-state index is 12.9. The minimum absolute atomic E-state index is 0.197. The van der Waals surface area contributed by atoms with Crippen LogP contribution in [0.25, 0.3) is 0 Å². The van der Waals surface area contributed by atoms with Gasteiger partial charge in [0.2, 0.25) is 10.0 Å². The van der Waals surface area contributed by atoms with Crippen molar-refractivity contribution < 1.29 is 17.9 Å². The molecule has 0 aliphatic carbocycles. The average molecular weight is 343 g/mol. The Labute approximate surface area is 133 Å². The summed E-state index contributed by atoms with van der Waals surface area (Å²) in [5.74, 6) is -0.412. The molecule has 120 valence electrons. The normalized spacial score (nSPS) is 14.8. The summed E-state index contributed by atoms with van der Waals surface area (Å²) >= 11 is 1.19. The van der Waals surface area contributed by atoms with Crippen LogP contribution in [0.5, 0.6) is 0 Å². The van der Waals surface area contributed by atoms with E-state index in [1.54, 1.807) is 6.07 Å². The maximum atomic E-state index is 12.9. The SMILES string of the molecule is Cc1cc(S(=O)(=O)NCC(C)(O)c2ccc(F)cc2)sc1C. The summed E-state index contributed by atoms with van der Waals surface area (Å²) in [5, 5.41) is 10.4. The van der Waals surface area contributed by atoms with E-state index < -0.39 is 21.4 Å². The fourth-order valence-electron chi connectivity index (χ4n) is 1.89. The number of aliphatic hydroxyl groups is 1. The zero-order chi connectivity index (χ0) is 16.5. The Kier molecular flexibility index (Phi) is 4.72. The van der Waals surface area contributed by atoms with Crippen LogP contribution in [0.4, 0.5) is 4.39 Å². The van der Waals surface area contributed by atoms with Gasteiger partial charge in [-0.15, -0.1) is 11.3 Å². The molecule has 0 bridgehead atoms. The molecule has 0 spiro atoms. The standard InChI is InChI=1S/C15H18FNO3S2/c1-10-8-14(21-11(10)2)22(19,20)17-9-15(3,18)12-4-6-13(16)7-5-12/h4-8,17-18H,9H2,1-3H3. The molecule has 7 heteroatoms. The number of benzene rings is 1. The number of halogens is 1. The third kappa shape index (κ3) is 3.73. The Morgan fingerprint density at radius 1 is 1.27 bits per heavy atom. The van der Waals surface area contributed by atoms with E-state index in [0.29, 0.717) is 5.56 Å². The van der Waals surface area contributed by atoms with Gasteiger partial charge in [-0.3, -0.25) is 0 Å². The zero-order valence-corrected chi connectivity index (χ0v) is 14.2. The number of hydrogen-bond acceptors (Lipinski definition) is 4. The summed E-state index contributed by atoms with van der Waals surface area (Å²) in [5.41, 5.74) is -0.0759. The summed E-state index contributed by atoms with van der Waals surface area (Å²) in [6, 6.07) is 6.93. The van der Waals surface area contributed by atoms with Gasteiger partial charge in [-0.1, -0.05) is 12.1 Å². The van der Waals surface area contributed by atoms with E-state index in [4.69, 9.17) is 0 Å². The van der Waals surface area contributed by atoms with E-state index in [2.05, 4.69) is 4.72 Å². The zero-order valence-electron chi connectivity index (χ0n) is 12.6. The highest BCUT2D eigenvalue weighted by molar-refractivity contribution is 7.91. The van der Waals surface area contributed by atoms with Crippen molar-refractivity contribution >= 4 is 21.4 Å². The summed E-state index contributed by atoms with van der Waals surface area (Å²) in [7, 11) is -3.68. The van der Waals surface area contributed by atoms with E-state index in [1.807, 2.05) is 13.8 Å². The van der Waals surface area contributed by atoms with Gasteiger partial charge in [-0.2, -0.15) is 0 Å². The molecule has 22 heavy (non-hydrogen) atoms. The largest absolute Gasteiger partial charge is 0.384 e. The fraction of sp³-hybridized carbons (Fsp3) is 0.333. The minimum Gasteiger partial charge on any atom is -0.384 e. The molecule has 1 atom stereocenters. The van der Waals surface area contributed by atoms with Crippen molar-refractivity contribution in [2.75, 3.05) is 6.54 Å². The first kappa shape index (κ1) is 17.1. The predicted octanol–water partition coefficient (Wildman–Crippen LogP) is 2.69. The van der Waals surface area contributed by atoms with E-state index in [9.17, 15) is 17.9 Å². The number of aryl methyl sites for hydroxylation is 2. The molecule has 2 aromatic rings. The van der Waals surface area contributed by atoms with Crippen LogP contribution in [-0.2, 0) is 15.6 Å². The van der Waals surface area contributed by atoms with Crippen LogP contribution in [0.15, 0.2) is 34.5 Å². The lowest BCUT2D eigenvalue weighted by Crippen LogP contribution is -2.38. The third-order valence-electron chi connectivity index (χ3n) is 3.48. The summed E-state index contributed by atoms with van der Waals surface area (Å²) in [6.45, 7) is 4.98. The number of sulfonamides is 1. The van der Waals surface area contributed by atoms with Gasteiger partial charge in [0.25, 0.3) is 0 Å². The summed E-state index contributed by atoms with van der Waals surface area (Å²) < 4.78 is 40.1. The van der Waals surface area contributed by atoms with Crippen molar-refractivity contribution in [3.05, 3.63) is 52.2 Å². The molecule has 2 rings (SSSR count). The lowest BCUT2D eigenvalue weighted by molar-refractivity contribution is 0.0627. The molecule has 0 fully saturated rings. The number of hydrogen-bond donors (Lipinski definition) is 2. The van der Waals surface area contributed by atoms with Gasteiger partial charge in [0, 0.05) is 11.4 Å². The molecule has 4 nitrogen and oxygen atoms in total. The Morgan fingerprint density at radius 2 is 1.86 bits per heavy atom. The lowest BCUT2D eigenvalue weighted by Gasteiger charge is -2.24. The highest BCUT2D eigenvalue weighted by Crippen LogP contribution is 2.26. The number of rotatable bonds is 5. The van der Waals surface area contributed by atoms with E-state index in [1.165, 1.54) is 42.5 Å². The highest BCUT2D eigenvalue weighted by Gasteiger charge is 2.27. The molecule has 0 saturated heterocycles. The third-order valence-corrected chi connectivity index (χ3v) is 6.51. The predicted molar refractivity (Wildman–Crippen MR) is 85.0 cm³/mol. The van der Waals surface area contributed by atoms with Crippen LogP contribution in [0.3, 0.4) is 0 Å². The van der Waals surface area contributed by atoms with E-state index in [-0.39, 0.29) is 10.8 Å². The van der Waals surface area contributed by atoms with Gasteiger partial charge in [0.05, 0.1) is 0 Å². The molecule has 1 unspecified atom stereocenters. The van der Waals surface area contributed by atoms with Crippen LogP contribution in [0, 0.1) is 19.7 Å². The van der Waals surface area contributed by atoms with Gasteiger partial charge in [0.15, 0.2) is 0 Å². The first-order valence-electron chi connectivity index (χ1n) is 6.67. The smallest absolute Gasteiger partial charge is 0.250 e. The fourth-order valence-corrected chi connectivity index (χ4v) is 4.58. The molecule has 0 radical (unpaired) electrons. The first-order valence-corrected chi connectivity index (χ1v) is 8.97. The van der Waals surface area contributed by atoms with Crippen molar-refractivity contribution in [3.8, 4) is 0 Å². The highest BCUT2D eigenvalue weighted by atomic mass is 32.2. The minimum atomic E-state index is -3.68. The van der Waals surface area contributed by atoms with Crippen molar-refractivity contribution in [2.45, 2.75) is 30.6 Å². The molecule has 1 aromatic carbocycles. The molecule has 1 heterocycles. The van der Waals surface area contributed by atoms with Crippen LogP contribution < -0.4 is 4.72 Å². The average Bonchev–Trinajstić information content (AvgIpc) is 2.78. The molecule has 0 amide bonds. The quantitative estimate of drug-likeness (QED) is 0.877. The van der Waals surface area contributed by atoms with Gasteiger partial charge in [-0.25, -0.2) is 17.5 Å². The van der Waals surface area contributed by atoms with Crippen LogP contribution in [-0.4, -0.2) is 20.1 Å². The Balaban J connectivity index is 2.15. The van der Waals surface area contributed by atoms with E-state index >= 15 is 0 Å². The molecular weight excluding hydrogens is 325 g/mol. The number of thiophene rings is 1. The molecule has 0 saturated carbocycles. The van der Waals surface area contributed by atoms with E-state index in [0.717, 1.165) is 10.4 Å². The van der Waals surface area contributed by atoms with Gasteiger partial charge < -0.3 is 5.11 Å². The van der Waals surface area contributed by atoms with Crippen molar-refractivity contribution in [3.63, 3.8) is 0 Å². The van der Waals surface area contributed by atoms with Gasteiger partial charge in [-0.05, 0) is 50.1 Å². The second-order valence-corrected chi connectivity index (χ2v) is 8.66. The van der Waals surface area contributed by atoms with Crippen LogP contribution >= 0.6 is 11.3 Å². The Hall–Kier alpha value is -1.28. The maximum Gasteiger partial charge on any atom is 0.250 e. The Morgan fingerprint density at radius 3 is 2.36 bits per heavy atom. The van der Waals surface area contributed by atoms with Crippen LogP contribution in [0.1, 0.15) is 22.9 Å². The molecule has 2 N–H and O–H groups in total. The molecular formula is C15H18FNO3S2. The monoisotopic (exact) mass is 343 g/mol. The summed E-state index contributed by atoms with van der Waals surface area (Å²) in [6.07, 6.45) is 0. The number of nitrogens with one attached hydrogen (secondary N) is 1. The molecule has 0 aliphatic heterocycles. The van der Waals surface area contributed by atoms with Crippen LogP contribution in [0.2, 0.25) is 0 Å². The lowest BCUT2D eigenvalue weighted by atomic mass is 9.96. The molecule has 0 aliphatic rings.